The Labute approximate surface area is 123 Å². The molecule has 0 fully saturated rings. The summed E-state index contributed by atoms with van der Waals surface area (Å²) in [6, 6.07) is 4.88. The van der Waals surface area contributed by atoms with Gasteiger partial charge in [-0.15, -0.1) is 0 Å². The van der Waals surface area contributed by atoms with Gasteiger partial charge in [0.2, 0.25) is 5.91 Å². The van der Waals surface area contributed by atoms with Crippen LogP contribution in [0.4, 0.5) is 4.39 Å². The minimum absolute atomic E-state index is 0.132. The van der Waals surface area contributed by atoms with Crippen LogP contribution in [0.25, 0.3) is 5.69 Å². The van der Waals surface area contributed by atoms with E-state index in [0.717, 1.165) is 0 Å². The quantitative estimate of drug-likeness (QED) is 0.877. The molecule has 0 aliphatic rings. The van der Waals surface area contributed by atoms with E-state index in [4.69, 9.17) is 5.73 Å². The van der Waals surface area contributed by atoms with Gasteiger partial charge in [-0.1, -0.05) is 13.0 Å². The minimum atomic E-state index is -0.352. The van der Waals surface area contributed by atoms with Crippen molar-refractivity contribution in [1.82, 2.24) is 14.9 Å². The van der Waals surface area contributed by atoms with Crippen molar-refractivity contribution in [2.45, 2.75) is 20.4 Å². The number of benzene rings is 1. The Bertz CT molecular complexity index is 638. The standard InChI is InChI=1S/C15H19FN4O/c1-10(8-17)15(21)19-9-12-3-4-14(13(16)7-12)20-6-5-18-11(20)2/h3-7,10H,8-9,17H2,1-2H3,(H,19,21). The number of hydrogen-bond acceptors (Lipinski definition) is 3. The second-order valence-corrected chi connectivity index (χ2v) is 4.98. The number of aromatic nitrogens is 2. The van der Waals surface area contributed by atoms with Crippen molar-refractivity contribution in [2.75, 3.05) is 6.54 Å². The molecule has 2 aromatic rings. The van der Waals surface area contributed by atoms with Crippen molar-refractivity contribution >= 4 is 5.91 Å². The van der Waals surface area contributed by atoms with E-state index in [1.54, 1.807) is 36.0 Å². The predicted octanol–water partition coefficient (Wildman–Crippen LogP) is 1.53. The highest BCUT2D eigenvalue weighted by atomic mass is 19.1. The molecule has 0 bridgehead atoms. The number of imidazole rings is 1. The van der Waals surface area contributed by atoms with E-state index < -0.39 is 0 Å². The lowest BCUT2D eigenvalue weighted by Crippen LogP contribution is -2.32. The molecule has 1 unspecified atom stereocenters. The molecule has 0 spiro atoms. The fraction of sp³-hybridized carbons (Fsp3) is 0.333. The van der Waals surface area contributed by atoms with Crippen molar-refractivity contribution < 1.29 is 9.18 Å². The highest BCUT2D eigenvalue weighted by Crippen LogP contribution is 2.16. The summed E-state index contributed by atoms with van der Waals surface area (Å²) in [5, 5.41) is 2.74. The molecule has 1 heterocycles. The number of aryl methyl sites for hydroxylation is 1. The number of carbonyl (C=O) groups excluding carboxylic acids is 1. The number of rotatable bonds is 5. The number of nitrogens with one attached hydrogen (secondary N) is 1. The van der Waals surface area contributed by atoms with Crippen LogP contribution in [0.1, 0.15) is 18.3 Å². The number of hydrogen-bond donors (Lipinski definition) is 2. The number of nitrogens with zero attached hydrogens (tertiary/aromatic N) is 2. The molecule has 3 N–H and O–H groups in total. The van der Waals surface area contributed by atoms with E-state index >= 15 is 0 Å². The molecule has 1 aromatic carbocycles. The van der Waals surface area contributed by atoms with Gasteiger partial charge in [-0.2, -0.15) is 0 Å². The molecule has 2 rings (SSSR count). The van der Waals surface area contributed by atoms with Crippen molar-refractivity contribution in [3.8, 4) is 5.69 Å². The van der Waals surface area contributed by atoms with Gasteiger partial charge in [0.25, 0.3) is 0 Å². The lowest BCUT2D eigenvalue weighted by Gasteiger charge is -2.11. The third kappa shape index (κ3) is 3.46. The Morgan fingerprint density at radius 2 is 2.29 bits per heavy atom. The van der Waals surface area contributed by atoms with Gasteiger partial charge < -0.3 is 15.6 Å². The van der Waals surface area contributed by atoms with Gasteiger partial charge in [-0.25, -0.2) is 9.37 Å². The van der Waals surface area contributed by atoms with Crippen LogP contribution in [-0.4, -0.2) is 22.0 Å². The van der Waals surface area contributed by atoms with Crippen LogP contribution >= 0.6 is 0 Å². The van der Waals surface area contributed by atoms with Crippen LogP contribution in [0, 0.1) is 18.7 Å². The molecule has 1 atom stereocenters. The van der Waals surface area contributed by atoms with E-state index in [0.29, 0.717) is 23.6 Å². The fourth-order valence-electron chi connectivity index (χ4n) is 1.96. The first-order valence-corrected chi connectivity index (χ1v) is 6.79. The number of carbonyl (C=O) groups is 1. The summed E-state index contributed by atoms with van der Waals surface area (Å²) in [4.78, 5) is 15.7. The lowest BCUT2D eigenvalue weighted by molar-refractivity contribution is -0.124. The molecule has 0 saturated heterocycles. The Balaban J connectivity index is 2.10. The monoisotopic (exact) mass is 290 g/mol. The van der Waals surface area contributed by atoms with Gasteiger partial charge in [0.1, 0.15) is 11.6 Å². The Morgan fingerprint density at radius 3 is 2.86 bits per heavy atom. The molecule has 0 aliphatic heterocycles. The van der Waals surface area contributed by atoms with Crippen LogP contribution < -0.4 is 11.1 Å². The summed E-state index contributed by atoms with van der Waals surface area (Å²) in [6.45, 7) is 4.13. The number of halogens is 1. The van der Waals surface area contributed by atoms with E-state index in [1.807, 2.05) is 6.92 Å². The average molecular weight is 290 g/mol. The molecule has 6 heteroatoms. The summed E-state index contributed by atoms with van der Waals surface area (Å²) >= 11 is 0. The number of nitrogens with two attached hydrogens (primary N) is 1. The minimum Gasteiger partial charge on any atom is -0.352 e. The van der Waals surface area contributed by atoms with Gasteiger partial charge in [0.15, 0.2) is 0 Å². The van der Waals surface area contributed by atoms with Crippen LogP contribution in [-0.2, 0) is 11.3 Å². The van der Waals surface area contributed by atoms with E-state index in [9.17, 15) is 9.18 Å². The zero-order valence-corrected chi connectivity index (χ0v) is 12.1. The van der Waals surface area contributed by atoms with E-state index in [1.165, 1.54) is 6.07 Å². The van der Waals surface area contributed by atoms with Crippen LogP contribution in [0.15, 0.2) is 30.6 Å². The Hall–Kier alpha value is -2.21. The normalized spacial score (nSPS) is 12.2. The molecule has 1 aromatic heterocycles. The number of amides is 1. The highest BCUT2D eigenvalue weighted by molar-refractivity contribution is 5.78. The largest absolute Gasteiger partial charge is 0.352 e. The van der Waals surface area contributed by atoms with E-state index in [-0.39, 0.29) is 24.2 Å². The van der Waals surface area contributed by atoms with Crippen LogP contribution in [0.3, 0.4) is 0 Å². The van der Waals surface area contributed by atoms with E-state index in [2.05, 4.69) is 10.3 Å². The van der Waals surface area contributed by atoms with Gasteiger partial charge in [-0.05, 0) is 24.6 Å². The first-order chi connectivity index (χ1) is 10.0. The Kier molecular flexibility index (Phi) is 4.70. The zero-order chi connectivity index (χ0) is 15.4. The summed E-state index contributed by atoms with van der Waals surface area (Å²) in [6.07, 6.45) is 3.33. The first kappa shape index (κ1) is 15.2. The second kappa shape index (κ2) is 6.49. The van der Waals surface area contributed by atoms with Crippen molar-refractivity contribution in [3.05, 3.63) is 47.8 Å². The SMILES string of the molecule is Cc1nccn1-c1ccc(CNC(=O)C(C)CN)cc1F. The summed E-state index contributed by atoms with van der Waals surface area (Å²) in [5.41, 5.74) is 6.57. The molecular formula is C15H19FN4O. The molecular weight excluding hydrogens is 271 g/mol. The topological polar surface area (TPSA) is 72.9 Å². The van der Waals surface area contributed by atoms with Crippen molar-refractivity contribution in [3.63, 3.8) is 0 Å². The smallest absolute Gasteiger partial charge is 0.224 e. The fourth-order valence-corrected chi connectivity index (χ4v) is 1.96. The van der Waals surface area contributed by atoms with Crippen molar-refractivity contribution in [2.24, 2.45) is 11.7 Å². The third-order valence-corrected chi connectivity index (χ3v) is 3.37. The first-order valence-electron chi connectivity index (χ1n) is 6.79. The van der Waals surface area contributed by atoms with Gasteiger partial charge >= 0.3 is 0 Å². The second-order valence-electron chi connectivity index (χ2n) is 4.98. The molecule has 112 valence electrons. The van der Waals surface area contributed by atoms with Crippen molar-refractivity contribution in [1.29, 1.82) is 0 Å². The molecule has 1 amide bonds. The predicted molar refractivity (Wildman–Crippen MR) is 78.3 cm³/mol. The molecule has 21 heavy (non-hydrogen) atoms. The van der Waals surface area contributed by atoms with Gasteiger partial charge in [-0.3, -0.25) is 4.79 Å². The van der Waals surface area contributed by atoms with Crippen LogP contribution in [0.2, 0.25) is 0 Å². The molecule has 0 aliphatic carbocycles. The average Bonchev–Trinajstić information content (AvgIpc) is 2.90. The molecule has 0 saturated carbocycles. The van der Waals surface area contributed by atoms with Gasteiger partial charge in [0, 0.05) is 31.4 Å². The van der Waals surface area contributed by atoms with Crippen LogP contribution in [0.5, 0.6) is 0 Å². The highest BCUT2D eigenvalue weighted by Gasteiger charge is 2.11. The summed E-state index contributed by atoms with van der Waals surface area (Å²) < 4.78 is 15.8. The third-order valence-electron chi connectivity index (χ3n) is 3.37. The maximum atomic E-state index is 14.2. The summed E-state index contributed by atoms with van der Waals surface area (Å²) in [5.74, 6) is -0.0170. The molecule has 5 nitrogen and oxygen atoms in total. The maximum absolute atomic E-state index is 14.2. The summed E-state index contributed by atoms with van der Waals surface area (Å²) in [7, 11) is 0. The molecule has 0 radical (unpaired) electrons. The zero-order valence-electron chi connectivity index (χ0n) is 12.1. The van der Waals surface area contributed by atoms with Gasteiger partial charge in [0.05, 0.1) is 5.69 Å². The Morgan fingerprint density at radius 1 is 1.52 bits per heavy atom. The maximum Gasteiger partial charge on any atom is 0.224 e. The lowest BCUT2D eigenvalue weighted by atomic mass is 10.1.